The van der Waals surface area contributed by atoms with Crippen molar-refractivity contribution in [2.45, 2.75) is 26.9 Å². The Morgan fingerprint density at radius 2 is 1.97 bits per heavy atom. The van der Waals surface area contributed by atoms with Gasteiger partial charge in [0.2, 0.25) is 12.7 Å². The zero-order valence-electron chi connectivity index (χ0n) is 17.7. The Morgan fingerprint density at radius 3 is 2.81 bits per heavy atom. The standard InChI is InChI=1S/C24H21N3O4S/c1-14-3-5-17(7-15(14)2)18-11-32-23-22(18)24(29)27(12-26-23)10-21(28)25-9-16-4-6-19-20(8-16)31-13-30-19/h3-8,11-12H,9-10,13H2,1-2H3,(H,25,28). The van der Waals surface area contributed by atoms with E-state index in [1.807, 2.05) is 35.7 Å². The van der Waals surface area contributed by atoms with Gasteiger partial charge in [0.1, 0.15) is 11.4 Å². The molecule has 0 bridgehead atoms. The lowest BCUT2D eigenvalue weighted by Crippen LogP contribution is -2.32. The molecular weight excluding hydrogens is 426 g/mol. The van der Waals surface area contributed by atoms with Crippen LogP contribution in [0.3, 0.4) is 0 Å². The van der Waals surface area contributed by atoms with Crippen LogP contribution in [0, 0.1) is 13.8 Å². The van der Waals surface area contributed by atoms with E-state index in [9.17, 15) is 9.59 Å². The van der Waals surface area contributed by atoms with Crippen molar-refractivity contribution in [2.24, 2.45) is 0 Å². The molecule has 0 radical (unpaired) electrons. The fourth-order valence-corrected chi connectivity index (χ4v) is 4.57. The number of ether oxygens (including phenoxy) is 2. The molecule has 1 N–H and O–H groups in total. The van der Waals surface area contributed by atoms with Gasteiger partial charge >= 0.3 is 0 Å². The third-order valence-corrected chi connectivity index (χ3v) is 6.51. The lowest BCUT2D eigenvalue weighted by atomic mass is 10.0. The van der Waals surface area contributed by atoms with Crippen LogP contribution in [0.1, 0.15) is 16.7 Å². The van der Waals surface area contributed by atoms with Gasteiger partial charge in [-0.1, -0.05) is 24.3 Å². The zero-order chi connectivity index (χ0) is 22.2. The minimum atomic E-state index is -0.270. The van der Waals surface area contributed by atoms with Crippen LogP contribution in [0.4, 0.5) is 0 Å². The van der Waals surface area contributed by atoms with Crippen molar-refractivity contribution in [1.82, 2.24) is 14.9 Å². The third-order valence-electron chi connectivity index (χ3n) is 5.62. The van der Waals surface area contributed by atoms with E-state index in [1.165, 1.54) is 27.8 Å². The fourth-order valence-electron chi connectivity index (χ4n) is 3.66. The number of nitrogens with zero attached hydrogens (tertiary/aromatic N) is 2. The molecule has 0 saturated heterocycles. The molecule has 5 rings (SSSR count). The van der Waals surface area contributed by atoms with Crippen molar-refractivity contribution < 1.29 is 14.3 Å². The predicted molar refractivity (Wildman–Crippen MR) is 123 cm³/mol. The molecule has 7 nitrogen and oxygen atoms in total. The molecule has 4 aromatic rings. The van der Waals surface area contributed by atoms with E-state index in [1.54, 1.807) is 0 Å². The fraction of sp³-hybridized carbons (Fsp3) is 0.208. The van der Waals surface area contributed by atoms with Crippen molar-refractivity contribution in [2.75, 3.05) is 6.79 Å². The van der Waals surface area contributed by atoms with E-state index in [2.05, 4.69) is 30.2 Å². The van der Waals surface area contributed by atoms with Gasteiger partial charge < -0.3 is 14.8 Å². The van der Waals surface area contributed by atoms with E-state index < -0.39 is 0 Å². The van der Waals surface area contributed by atoms with Crippen LogP contribution in [-0.4, -0.2) is 22.3 Å². The number of benzene rings is 2. The maximum atomic E-state index is 13.2. The van der Waals surface area contributed by atoms with Gasteiger partial charge in [0.05, 0.1) is 11.7 Å². The third kappa shape index (κ3) is 3.73. The van der Waals surface area contributed by atoms with Crippen molar-refractivity contribution >= 4 is 27.5 Å². The molecule has 1 aliphatic heterocycles. The molecule has 0 fully saturated rings. The molecule has 8 heteroatoms. The summed E-state index contributed by atoms with van der Waals surface area (Å²) in [7, 11) is 0. The van der Waals surface area contributed by atoms with Crippen LogP contribution in [0.5, 0.6) is 11.5 Å². The van der Waals surface area contributed by atoms with Gasteiger partial charge in [-0.3, -0.25) is 14.2 Å². The highest BCUT2D eigenvalue weighted by atomic mass is 32.1. The van der Waals surface area contributed by atoms with Crippen LogP contribution in [0.25, 0.3) is 21.3 Å². The van der Waals surface area contributed by atoms with E-state index in [0.717, 1.165) is 22.3 Å². The van der Waals surface area contributed by atoms with Crippen LogP contribution >= 0.6 is 11.3 Å². The Bertz CT molecular complexity index is 1410. The summed E-state index contributed by atoms with van der Waals surface area (Å²) in [4.78, 5) is 30.8. The number of aromatic nitrogens is 2. The van der Waals surface area contributed by atoms with Crippen molar-refractivity contribution in [3.8, 4) is 22.6 Å². The zero-order valence-corrected chi connectivity index (χ0v) is 18.5. The summed E-state index contributed by atoms with van der Waals surface area (Å²) >= 11 is 1.43. The van der Waals surface area contributed by atoms with Crippen molar-refractivity contribution in [3.05, 3.63) is 75.1 Å². The summed E-state index contributed by atoms with van der Waals surface area (Å²) in [6, 6.07) is 11.7. The molecule has 2 aromatic carbocycles. The number of amides is 1. The molecule has 3 heterocycles. The second-order valence-electron chi connectivity index (χ2n) is 7.77. The lowest BCUT2D eigenvalue weighted by molar-refractivity contribution is -0.121. The van der Waals surface area contributed by atoms with Crippen LogP contribution in [0.2, 0.25) is 0 Å². The summed E-state index contributed by atoms with van der Waals surface area (Å²) in [5.74, 6) is 1.09. The number of rotatable bonds is 5. The first-order valence-corrected chi connectivity index (χ1v) is 11.1. The van der Waals surface area contributed by atoms with E-state index >= 15 is 0 Å². The smallest absolute Gasteiger partial charge is 0.263 e. The van der Waals surface area contributed by atoms with Gasteiger partial charge in [-0.25, -0.2) is 4.98 Å². The predicted octanol–water partition coefficient (Wildman–Crippen LogP) is 3.79. The van der Waals surface area contributed by atoms with Gasteiger partial charge in [0.15, 0.2) is 11.5 Å². The van der Waals surface area contributed by atoms with Gasteiger partial charge in [-0.2, -0.15) is 0 Å². The van der Waals surface area contributed by atoms with Gasteiger partial charge in [0.25, 0.3) is 5.56 Å². The van der Waals surface area contributed by atoms with Crippen LogP contribution in [0.15, 0.2) is 52.9 Å². The maximum absolute atomic E-state index is 13.2. The Balaban J connectivity index is 1.36. The summed E-state index contributed by atoms with van der Waals surface area (Å²) in [5.41, 5.74) is 4.85. The SMILES string of the molecule is Cc1ccc(-c2csc3ncn(CC(=O)NCc4ccc5c(c4)OCO5)c(=O)c23)cc1C. The average molecular weight is 448 g/mol. The molecule has 0 spiro atoms. The van der Waals surface area contributed by atoms with Crippen LogP contribution in [-0.2, 0) is 17.9 Å². The first-order valence-electron chi connectivity index (χ1n) is 10.2. The lowest BCUT2D eigenvalue weighted by Gasteiger charge is -2.09. The molecule has 162 valence electrons. The van der Waals surface area contributed by atoms with E-state index in [-0.39, 0.29) is 24.8 Å². The Labute approximate surface area is 188 Å². The normalized spacial score (nSPS) is 12.3. The number of nitrogens with one attached hydrogen (secondary N) is 1. The maximum Gasteiger partial charge on any atom is 0.263 e. The Hall–Kier alpha value is -3.65. The highest BCUT2D eigenvalue weighted by Crippen LogP contribution is 2.33. The number of carbonyl (C=O) groups excluding carboxylic acids is 1. The van der Waals surface area contributed by atoms with E-state index in [0.29, 0.717) is 28.3 Å². The minimum absolute atomic E-state index is 0.103. The molecule has 0 atom stereocenters. The second-order valence-corrected chi connectivity index (χ2v) is 8.63. The highest BCUT2D eigenvalue weighted by molar-refractivity contribution is 7.17. The Kier molecular flexibility index (Phi) is 5.14. The number of thiophene rings is 1. The average Bonchev–Trinajstić information content (AvgIpc) is 3.43. The quantitative estimate of drug-likeness (QED) is 0.503. The molecule has 0 unspecified atom stereocenters. The van der Waals surface area contributed by atoms with Crippen molar-refractivity contribution in [1.29, 1.82) is 0 Å². The number of carbonyl (C=O) groups is 1. The topological polar surface area (TPSA) is 82.5 Å². The van der Waals surface area contributed by atoms with Crippen LogP contribution < -0.4 is 20.3 Å². The number of hydrogen-bond donors (Lipinski definition) is 1. The summed E-state index contributed by atoms with van der Waals surface area (Å²) in [6.45, 7) is 4.53. The molecular formula is C24H21N3O4S. The van der Waals surface area contributed by atoms with Crippen molar-refractivity contribution in [3.63, 3.8) is 0 Å². The van der Waals surface area contributed by atoms with E-state index in [4.69, 9.17) is 9.47 Å². The molecule has 2 aromatic heterocycles. The minimum Gasteiger partial charge on any atom is -0.454 e. The first-order chi connectivity index (χ1) is 15.5. The van der Waals surface area contributed by atoms with Gasteiger partial charge in [-0.05, 0) is 48.2 Å². The number of fused-ring (bicyclic) bond motifs is 2. The summed E-state index contributed by atoms with van der Waals surface area (Å²) in [5, 5.41) is 5.34. The second kappa shape index (κ2) is 8.12. The monoisotopic (exact) mass is 447 g/mol. The molecule has 1 amide bonds. The molecule has 32 heavy (non-hydrogen) atoms. The molecule has 1 aliphatic rings. The Morgan fingerprint density at radius 1 is 1.12 bits per heavy atom. The van der Waals surface area contributed by atoms with Gasteiger partial charge in [0, 0.05) is 17.5 Å². The first kappa shape index (κ1) is 20.3. The highest BCUT2D eigenvalue weighted by Gasteiger charge is 2.16. The molecule has 0 aliphatic carbocycles. The largest absolute Gasteiger partial charge is 0.454 e. The summed E-state index contributed by atoms with van der Waals surface area (Å²) in [6.07, 6.45) is 1.44. The number of hydrogen-bond acceptors (Lipinski definition) is 6. The molecule has 0 saturated carbocycles. The number of aryl methyl sites for hydroxylation is 2. The van der Waals surface area contributed by atoms with Gasteiger partial charge in [-0.15, -0.1) is 11.3 Å². The summed E-state index contributed by atoms with van der Waals surface area (Å²) < 4.78 is 12.0.